The van der Waals surface area contributed by atoms with Crippen LogP contribution < -0.4 is 0 Å². The van der Waals surface area contributed by atoms with E-state index in [0.717, 1.165) is 44.5 Å². The lowest BCUT2D eigenvalue weighted by molar-refractivity contribution is 0.0701. The number of aromatic nitrogens is 2. The van der Waals surface area contributed by atoms with Gasteiger partial charge < -0.3 is 9.47 Å². The van der Waals surface area contributed by atoms with Gasteiger partial charge in [0.2, 0.25) is 10.0 Å². The SMILES string of the molecule is CCCCN(C)S(=O)(=O)c1cc(-c2nc(C)c(C(=O)N3CCC(C)CC3)s2)n(C)c1C. The molecule has 0 saturated carbocycles. The molecule has 0 spiro atoms. The normalized spacial score (nSPS) is 15.8. The predicted molar refractivity (Wildman–Crippen MR) is 125 cm³/mol. The first-order valence-electron chi connectivity index (χ1n) is 11.0. The molecule has 172 valence electrons. The van der Waals surface area contributed by atoms with Crippen molar-refractivity contribution in [3.05, 3.63) is 22.3 Å². The molecule has 0 unspecified atom stereocenters. The van der Waals surface area contributed by atoms with Crippen LogP contribution in [-0.2, 0) is 17.1 Å². The van der Waals surface area contributed by atoms with E-state index in [2.05, 4.69) is 11.9 Å². The Morgan fingerprint density at radius 1 is 1.29 bits per heavy atom. The summed E-state index contributed by atoms with van der Waals surface area (Å²) in [5.74, 6) is 0.690. The Balaban J connectivity index is 1.92. The molecule has 0 aliphatic carbocycles. The topological polar surface area (TPSA) is 75.5 Å². The minimum absolute atomic E-state index is 0.0335. The molecule has 31 heavy (non-hydrogen) atoms. The zero-order valence-electron chi connectivity index (χ0n) is 19.4. The molecule has 1 fully saturated rings. The molecule has 2 aromatic rings. The molecule has 3 rings (SSSR count). The largest absolute Gasteiger partial charge is 0.345 e. The van der Waals surface area contributed by atoms with E-state index >= 15 is 0 Å². The van der Waals surface area contributed by atoms with Crippen LogP contribution >= 0.6 is 11.3 Å². The minimum atomic E-state index is -3.58. The van der Waals surface area contributed by atoms with Crippen molar-refractivity contribution < 1.29 is 13.2 Å². The van der Waals surface area contributed by atoms with Gasteiger partial charge in [0.05, 0.1) is 11.4 Å². The lowest BCUT2D eigenvalue weighted by atomic mass is 9.99. The van der Waals surface area contributed by atoms with Crippen LogP contribution in [0.2, 0.25) is 0 Å². The highest BCUT2D eigenvalue weighted by atomic mass is 32.2. The Morgan fingerprint density at radius 2 is 1.94 bits per heavy atom. The van der Waals surface area contributed by atoms with Crippen LogP contribution in [0, 0.1) is 19.8 Å². The van der Waals surface area contributed by atoms with Crippen molar-refractivity contribution in [3.8, 4) is 10.7 Å². The molecular weight excluding hydrogens is 432 g/mol. The minimum Gasteiger partial charge on any atom is -0.345 e. The van der Waals surface area contributed by atoms with Gasteiger partial charge in [0.1, 0.15) is 14.8 Å². The molecule has 3 heterocycles. The van der Waals surface area contributed by atoms with Crippen molar-refractivity contribution in [2.75, 3.05) is 26.7 Å². The number of thiazole rings is 1. The number of piperidine rings is 1. The monoisotopic (exact) mass is 466 g/mol. The molecular formula is C22H34N4O3S2. The smallest absolute Gasteiger partial charge is 0.265 e. The Morgan fingerprint density at radius 3 is 2.55 bits per heavy atom. The number of carbonyl (C=O) groups excluding carboxylic acids is 1. The third-order valence-corrected chi connectivity index (χ3v) is 9.42. The summed E-state index contributed by atoms with van der Waals surface area (Å²) >= 11 is 1.35. The standard InChI is InChI=1S/C22H34N4O3S2/c1-7-8-11-24(5)31(28,29)19-14-18(25(6)17(19)4)21-23-16(3)20(30-21)22(27)26-12-9-15(2)10-13-26/h14-15H,7-13H2,1-6H3. The highest BCUT2D eigenvalue weighted by Gasteiger charge is 2.29. The summed E-state index contributed by atoms with van der Waals surface area (Å²) < 4.78 is 29.5. The summed E-state index contributed by atoms with van der Waals surface area (Å²) in [7, 11) is -0.106. The van der Waals surface area contributed by atoms with E-state index in [-0.39, 0.29) is 5.91 Å². The summed E-state index contributed by atoms with van der Waals surface area (Å²) in [6.45, 7) is 9.98. The number of carbonyl (C=O) groups is 1. The average molecular weight is 467 g/mol. The summed E-state index contributed by atoms with van der Waals surface area (Å²) in [6.07, 6.45) is 3.81. The molecule has 7 nitrogen and oxygen atoms in total. The van der Waals surface area contributed by atoms with Crippen LogP contribution in [0.1, 0.15) is 60.6 Å². The summed E-state index contributed by atoms with van der Waals surface area (Å²) in [5.41, 5.74) is 2.09. The fourth-order valence-corrected chi connectivity index (χ4v) is 6.43. The van der Waals surface area contributed by atoms with Gasteiger partial charge in [0, 0.05) is 39.4 Å². The zero-order chi connectivity index (χ0) is 22.9. The first kappa shape index (κ1) is 23.9. The van der Waals surface area contributed by atoms with Gasteiger partial charge >= 0.3 is 0 Å². The third-order valence-electron chi connectivity index (χ3n) is 6.28. The van der Waals surface area contributed by atoms with Gasteiger partial charge in [-0.1, -0.05) is 20.3 Å². The van der Waals surface area contributed by atoms with Crippen molar-refractivity contribution in [1.82, 2.24) is 18.8 Å². The van der Waals surface area contributed by atoms with Crippen LogP contribution in [-0.4, -0.2) is 59.8 Å². The van der Waals surface area contributed by atoms with Crippen LogP contribution in [0.25, 0.3) is 10.7 Å². The van der Waals surface area contributed by atoms with E-state index in [0.29, 0.717) is 38.6 Å². The Labute approximate surface area is 190 Å². The molecule has 9 heteroatoms. The molecule has 0 radical (unpaired) electrons. The first-order valence-corrected chi connectivity index (χ1v) is 13.2. The molecule has 1 aliphatic rings. The number of hydrogen-bond donors (Lipinski definition) is 0. The van der Waals surface area contributed by atoms with Gasteiger partial charge in [-0.3, -0.25) is 4.79 Å². The fraction of sp³-hybridized carbons (Fsp3) is 0.636. The number of hydrogen-bond acceptors (Lipinski definition) is 5. The molecule has 0 N–H and O–H groups in total. The maximum Gasteiger partial charge on any atom is 0.265 e. The van der Waals surface area contributed by atoms with Crippen molar-refractivity contribution in [2.24, 2.45) is 13.0 Å². The van der Waals surface area contributed by atoms with E-state index in [1.165, 1.54) is 15.6 Å². The first-order chi connectivity index (χ1) is 14.6. The third kappa shape index (κ3) is 4.73. The van der Waals surface area contributed by atoms with E-state index in [4.69, 9.17) is 0 Å². The number of aryl methyl sites for hydroxylation is 1. The second-order valence-electron chi connectivity index (χ2n) is 8.63. The Bertz CT molecular complexity index is 1050. The number of likely N-dealkylation sites (tertiary alicyclic amines) is 1. The lowest BCUT2D eigenvalue weighted by Gasteiger charge is -2.30. The molecule has 0 bridgehead atoms. The number of rotatable bonds is 7. The van der Waals surface area contributed by atoms with Crippen LogP contribution in [0.15, 0.2) is 11.0 Å². The molecule has 1 saturated heterocycles. The van der Waals surface area contributed by atoms with E-state index in [9.17, 15) is 13.2 Å². The van der Waals surface area contributed by atoms with Crippen molar-refractivity contribution in [3.63, 3.8) is 0 Å². The second kappa shape index (κ2) is 9.42. The van der Waals surface area contributed by atoms with E-state index < -0.39 is 10.0 Å². The predicted octanol–water partition coefficient (Wildman–Crippen LogP) is 4.06. The van der Waals surface area contributed by atoms with Gasteiger partial charge in [-0.15, -0.1) is 11.3 Å². The van der Waals surface area contributed by atoms with E-state index in [1.807, 2.05) is 37.3 Å². The number of unbranched alkanes of at least 4 members (excludes halogenated alkanes) is 1. The van der Waals surface area contributed by atoms with Gasteiger partial charge in [-0.05, 0) is 45.1 Å². The lowest BCUT2D eigenvalue weighted by Crippen LogP contribution is -2.37. The van der Waals surface area contributed by atoms with Crippen molar-refractivity contribution in [1.29, 1.82) is 0 Å². The molecule has 1 aliphatic heterocycles. The van der Waals surface area contributed by atoms with Crippen LogP contribution in [0.5, 0.6) is 0 Å². The van der Waals surface area contributed by atoms with Crippen molar-refractivity contribution in [2.45, 2.75) is 58.3 Å². The second-order valence-corrected chi connectivity index (χ2v) is 11.6. The maximum absolute atomic E-state index is 13.1. The van der Waals surface area contributed by atoms with Crippen LogP contribution in [0.3, 0.4) is 0 Å². The average Bonchev–Trinajstić information content (AvgIpc) is 3.26. The summed E-state index contributed by atoms with van der Waals surface area (Å²) in [5, 5.41) is 0.675. The quantitative estimate of drug-likeness (QED) is 0.617. The zero-order valence-corrected chi connectivity index (χ0v) is 21.1. The Kier molecular flexibility index (Phi) is 7.28. The number of sulfonamides is 1. The molecule has 0 atom stereocenters. The molecule has 1 amide bonds. The summed E-state index contributed by atoms with van der Waals surface area (Å²) in [4.78, 5) is 20.6. The van der Waals surface area contributed by atoms with Gasteiger partial charge in [0.15, 0.2) is 0 Å². The van der Waals surface area contributed by atoms with E-state index in [1.54, 1.807) is 13.1 Å². The summed E-state index contributed by atoms with van der Waals surface area (Å²) in [6, 6.07) is 1.70. The Hall–Kier alpha value is -1.71. The van der Waals surface area contributed by atoms with Gasteiger partial charge in [-0.25, -0.2) is 17.7 Å². The molecule has 2 aromatic heterocycles. The van der Waals surface area contributed by atoms with Crippen molar-refractivity contribution >= 4 is 27.3 Å². The number of amides is 1. The maximum atomic E-state index is 13.1. The number of nitrogens with zero attached hydrogens (tertiary/aromatic N) is 4. The van der Waals surface area contributed by atoms with Gasteiger partial charge in [0.25, 0.3) is 5.91 Å². The highest BCUT2D eigenvalue weighted by Crippen LogP contribution is 2.34. The van der Waals surface area contributed by atoms with Gasteiger partial charge in [-0.2, -0.15) is 0 Å². The molecule has 0 aromatic carbocycles. The van der Waals surface area contributed by atoms with Crippen LogP contribution in [0.4, 0.5) is 0 Å². The fourth-order valence-electron chi connectivity index (χ4n) is 3.87. The highest BCUT2D eigenvalue weighted by molar-refractivity contribution is 7.89.